The topological polar surface area (TPSA) is 63.2 Å². The monoisotopic (exact) mass is 439 g/mol. The van der Waals surface area contributed by atoms with Gasteiger partial charge in [-0.05, 0) is 54.7 Å². The Morgan fingerprint density at radius 1 is 1.14 bits per heavy atom. The van der Waals surface area contributed by atoms with E-state index in [9.17, 15) is 13.2 Å². The Kier molecular flexibility index (Phi) is 6.69. The SMILES string of the molecule is CCCS(=O)(=O)c1ccc(C(CC2CC2)NC(=O)c2ccc(Cl)cc2Cl)cc1. The fraction of sp³-hybridized carbons (Fsp3) is 0.381. The number of amides is 1. The molecule has 0 spiro atoms. The first-order valence-electron chi connectivity index (χ1n) is 9.39. The minimum Gasteiger partial charge on any atom is -0.345 e. The highest BCUT2D eigenvalue weighted by Crippen LogP contribution is 2.38. The van der Waals surface area contributed by atoms with E-state index in [2.05, 4.69) is 5.32 Å². The first-order chi connectivity index (χ1) is 13.3. The van der Waals surface area contributed by atoms with Crippen molar-refractivity contribution in [1.29, 1.82) is 0 Å². The number of hydrogen-bond acceptors (Lipinski definition) is 3. The largest absolute Gasteiger partial charge is 0.345 e. The number of benzene rings is 2. The number of sulfone groups is 1. The Hall–Kier alpha value is -1.56. The minimum absolute atomic E-state index is 0.129. The zero-order valence-electron chi connectivity index (χ0n) is 15.6. The van der Waals surface area contributed by atoms with Gasteiger partial charge in [-0.3, -0.25) is 4.79 Å². The zero-order valence-corrected chi connectivity index (χ0v) is 17.9. The van der Waals surface area contributed by atoms with E-state index in [0.29, 0.717) is 32.8 Å². The molecule has 0 bridgehead atoms. The number of rotatable bonds is 8. The van der Waals surface area contributed by atoms with Crippen molar-refractivity contribution in [3.05, 3.63) is 63.6 Å². The molecule has 1 aliphatic rings. The highest BCUT2D eigenvalue weighted by atomic mass is 35.5. The summed E-state index contributed by atoms with van der Waals surface area (Å²) < 4.78 is 24.5. The molecular formula is C21H23Cl2NO3S. The van der Waals surface area contributed by atoms with Gasteiger partial charge in [0.1, 0.15) is 0 Å². The van der Waals surface area contributed by atoms with E-state index in [1.165, 1.54) is 0 Å². The lowest BCUT2D eigenvalue weighted by atomic mass is 10.0. The van der Waals surface area contributed by atoms with E-state index in [1.54, 1.807) is 42.5 Å². The van der Waals surface area contributed by atoms with E-state index in [0.717, 1.165) is 24.8 Å². The van der Waals surface area contributed by atoms with Gasteiger partial charge in [0.25, 0.3) is 5.91 Å². The van der Waals surface area contributed by atoms with Crippen LogP contribution in [0.3, 0.4) is 0 Å². The molecule has 1 N–H and O–H groups in total. The number of carbonyl (C=O) groups is 1. The van der Waals surface area contributed by atoms with Crippen LogP contribution >= 0.6 is 23.2 Å². The van der Waals surface area contributed by atoms with Crippen molar-refractivity contribution in [2.45, 2.75) is 43.5 Å². The van der Waals surface area contributed by atoms with Crippen LogP contribution in [0.15, 0.2) is 47.4 Å². The van der Waals surface area contributed by atoms with E-state index >= 15 is 0 Å². The van der Waals surface area contributed by atoms with Crippen molar-refractivity contribution in [2.75, 3.05) is 5.75 Å². The Balaban J connectivity index is 1.81. The summed E-state index contributed by atoms with van der Waals surface area (Å²) in [6, 6.07) is 11.4. The molecule has 3 rings (SSSR count). The summed E-state index contributed by atoms with van der Waals surface area (Å²) in [5.74, 6) is 0.438. The first kappa shape index (κ1) is 21.2. The van der Waals surface area contributed by atoms with Crippen molar-refractivity contribution in [1.82, 2.24) is 5.32 Å². The smallest absolute Gasteiger partial charge is 0.253 e. The van der Waals surface area contributed by atoms with Crippen LogP contribution < -0.4 is 5.32 Å². The molecule has 0 saturated heterocycles. The third kappa shape index (κ3) is 5.28. The quantitative estimate of drug-likeness (QED) is 0.594. The van der Waals surface area contributed by atoms with Gasteiger partial charge in [0.2, 0.25) is 0 Å². The zero-order chi connectivity index (χ0) is 20.3. The predicted molar refractivity (Wildman–Crippen MR) is 113 cm³/mol. The van der Waals surface area contributed by atoms with Gasteiger partial charge in [-0.1, -0.05) is 55.1 Å². The fourth-order valence-electron chi connectivity index (χ4n) is 3.17. The maximum atomic E-state index is 12.7. The third-order valence-electron chi connectivity index (χ3n) is 4.86. The molecule has 4 nitrogen and oxygen atoms in total. The lowest BCUT2D eigenvalue weighted by Crippen LogP contribution is -2.29. The van der Waals surface area contributed by atoms with Gasteiger partial charge in [-0.2, -0.15) is 0 Å². The van der Waals surface area contributed by atoms with E-state index < -0.39 is 9.84 Å². The second-order valence-corrected chi connectivity index (χ2v) is 10.2. The van der Waals surface area contributed by atoms with Crippen LogP contribution in [0.4, 0.5) is 0 Å². The Morgan fingerprint density at radius 3 is 2.39 bits per heavy atom. The molecule has 0 aliphatic heterocycles. The predicted octanol–water partition coefficient (Wildman–Crippen LogP) is 5.45. The molecule has 1 saturated carbocycles. The van der Waals surface area contributed by atoms with Crippen molar-refractivity contribution in [3.8, 4) is 0 Å². The minimum atomic E-state index is -3.26. The van der Waals surface area contributed by atoms with E-state index in [1.807, 2.05) is 6.92 Å². The van der Waals surface area contributed by atoms with E-state index in [4.69, 9.17) is 23.2 Å². The normalized spacial score (nSPS) is 15.2. The average Bonchev–Trinajstić information content (AvgIpc) is 3.45. The second kappa shape index (κ2) is 8.85. The maximum absolute atomic E-state index is 12.7. The molecule has 1 amide bonds. The van der Waals surface area contributed by atoms with Gasteiger partial charge in [0.05, 0.1) is 27.3 Å². The molecule has 2 aromatic carbocycles. The van der Waals surface area contributed by atoms with Crippen LogP contribution in [0.5, 0.6) is 0 Å². The van der Waals surface area contributed by atoms with Gasteiger partial charge < -0.3 is 5.32 Å². The first-order valence-corrected chi connectivity index (χ1v) is 11.8. The highest BCUT2D eigenvalue weighted by molar-refractivity contribution is 7.91. The number of hydrogen-bond donors (Lipinski definition) is 1. The Morgan fingerprint density at radius 2 is 1.82 bits per heavy atom. The van der Waals surface area contributed by atoms with E-state index in [-0.39, 0.29) is 17.7 Å². The molecule has 0 heterocycles. The molecule has 150 valence electrons. The summed E-state index contributed by atoms with van der Waals surface area (Å²) in [6.45, 7) is 1.84. The molecule has 1 unspecified atom stereocenters. The Bertz CT molecular complexity index is 954. The van der Waals surface area contributed by atoms with Crippen LogP contribution in [-0.2, 0) is 9.84 Å². The highest BCUT2D eigenvalue weighted by Gasteiger charge is 2.28. The molecular weight excluding hydrogens is 417 g/mol. The van der Waals surface area contributed by atoms with Gasteiger partial charge >= 0.3 is 0 Å². The number of nitrogens with one attached hydrogen (secondary N) is 1. The summed E-state index contributed by atoms with van der Waals surface area (Å²) in [5.41, 5.74) is 1.26. The molecule has 28 heavy (non-hydrogen) atoms. The average molecular weight is 440 g/mol. The van der Waals surface area contributed by atoms with Gasteiger partial charge in [0, 0.05) is 5.02 Å². The maximum Gasteiger partial charge on any atom is 0.253 e. The van der Waals surface area contributed by atoms with Crippen LogP contribution in [0.1, 0.15) is 54.6 Å². The lowest BCUT2D eigenvalue weighted by molar-refractivity contribution is 0.0933. The van der Waals surface area contributed by atoms with Crippen molar-refractivity contribution in [3.63, 3.8) is 0 Å². The molecule has 1 atom stereocenters. The van der Waals surface area contributed by atoms with Crippen molar-refractivity contribution >= 4 is 38.9 Å². The standard InChI is InChI=1S/C21H23Cl2NO3S/c1-2-11-28(26,27)17-8-5-15(6-9-17)20(12-14-3-4-14)24-21(25)18-10-7-16(22)13-19(18)23/h5-10,13-14,20H,2-4,11-12H2,1H3,(H,24,25). The van der Waals surface area contributed by atoms with Crippen LogP contribution in [0.2, 0.25) is 10.0 Å². The fourth-order valence-corrected chi connectivity index (χ4v) is 4.99. The molecule has 0 radical (unpaired) electrons. The molecule has 0 aromatic heterocycles. The van der Waals surface area contributed by atoms with Crippen molar-refractivity contribution in [2.24, 2.45) is 5.92 Å². The lowest BCUT2D eigenvalue weighted by Gasteiger charge is -2.20. The summed E-state index contributed by atoms with van der Waals surface area (Å²) in [4.78, 5) is 13.1. The summed E-state index contributed by atoms with van der Waals surface area (Å²) in [5, 5.41) is 3.82. The summed E-state index contributed by atoms with van der Waals surface area (Å²) >= 11 is 12.1. The molecule has 1 fully saturated rings. The van der Waals surface area contributed by atoms with Crippen molar-refractivity contribution < 1.29 is 13.2 Å². The second-order valence-electron chi connectivity index (χ2n) is 7.22. The summed E-state index contributed by atoms with van der Waals surface area (Å²) in [6.07, 6.45) is 3.69. The van der Waals surface area contributed by atoms with Crippen LogP contribution in [-0.4, -0.2) is 20.1 Å². The molecule has 7 heteroatoms. The number of carbonyl (C=O) groups excluding carboxylic acids is 1. The van der Waals surface area contributed by atoms with Gasteiger partial charge in [-0.25, -0.2) is 8.42 Å². The molecule has 2 aromatic rings. The Labute approximate surface area is 176 Å². The third-order valence-corrected chi connectivity index (χ3v) is 7.35. The van der Waals surface area contributed by atoms with Crippen LogP contribution in [0, 0.1) is 5.92 Å². The number of halogens is 2. The van der Waals surface area contributed by atoms with Gasteiger partial charge in [-0.15, -0.1) is 0 Å². The van der Waals surface area contributed by atoms with Gasteiger partial charge in [0.15, 0.2) is 9.84 Å². The van der Waals surface area contributed by atoms with Crippen LogP contribution in [0.25, 0.3) is 0 Å². The molecule has 1 aliphatic carbocycles. The summed E-state index contributed by atoms with van der Waals surface area (Å²) in [7, 11) is -3.26.